The molecule has 2 nitrogen and oxygen atoms in total. The van der Waals surface area contributed by atoms with Crippen molar-refractivity contribution in [2.24, 2.45) is 5.92 Å². The lowest BCUT2D eigenvalue weighted by molar-refractivity contribution is 0.0883. The fourth-order valence-electron chi connectivity index (χ4n) is 2.68. The van der Waals surface area contributed by atoms with Gasteiger partial charge in [-0.15, -0.1) is 0 Å². The van der Waals surface area contributed by atoms with Crippen molar-refractivity contribution < 1.29 is 4.79 Å². The molecule has 1 aliphatic rings. The number of carbonyl (C=O) groups excluding carboxylic acids is 1. The minimum absolute atomic E-state index is 0.0506. The van der Waals surface area contributed by atoms with Crippen molar-refractivity contribution in [1.82, 2.24) is 4.90 Å². The van der Waals surface area contributed by atoms with Crippen LogP contribution in [0.2, 0.25) is 0 Å². The second-order valence-electron chi connectivity index (χ2n) is 5.69. The number of benzene rings is 1. The lowest BCUT2D eigenvalue weighted by atomic mass is 9.97. The van der Waals surface area contributed by atoms with Gasteiger partial charge in [-0.25, -0.2) is 0 Å². The Morgan fingerprint density at radius 2 is 1.75 bits per heavy atom. The minimum Gasteiger partial charge on any atom is -0.303 e. The zero-order valence-electron chi connectivity index (χ0n) is 12.1. The van der Waals surface area contributed by atoms with E-state index in [1.807, 2.05) is 26.0 Å². The summed E-state index contributed by atoms with van der Waals surface area (Å²) in [7, 11) is 0. The summed E-state index contributed by atoms with van der Waals surface area (Å²) in [5.41, 5.74) is 1.92. The zero-order valence-corrected chi connectivity index (χ0v) is 15.3. The molecule has 1 aromatic carbocycles. The summed E-state index contributed by atoms with van der Waals surface area (Å²) in [5.74, 6) is 0.284. The van der Waals surface area contributed by atoms with E-state index >= 15 is 0 Å². The van der Waals surface area contributed by atoms with Crippen LogP contribution < -0.4 is 0 Å². The molecule has 1 fully saturated rings. The highest BCUT2D eigenvalue weighted by atomic mass is 79.9. The summed E-state index contributed by atoms with van der Waals surface area (Å²) in [4.78, 5) is 15.0. The van der Waals surface area contributed by atoms with Crippen molar-refractivity contribution in [1.29, 1.82) is 0 Å². The number of nitrogens with zero attached hydrogens (tertiary/aromatic N) is 1. The van der Waals surface area contributed by atoms with E-state index in [0.717, 1.165) is 39.7 Å². The summed E-state index contributed by atoms with van der Waals surface area (Å²) in [6.07, 6.45) is 3.86. The predicted molar refractivity (Wildman–Crippen MR) is 90.4 cm³/mol. The molecule has 20 heavy (non-hydrogen) atoms. The van der Waals surface area contributed by atoms with Crippen LogP contribution in [0, 0.1) is 12.8 Å². The van der Waals surface area contributed by atoms with Crippen LogP contribution in [0.4, 0.5) is 0 Å². The highest BCUT2D eigenvalue weighted by molar-refractivity contribution is 9.11. The third kappa shape index (κ3) is 3.92. The van der Waals surface area contributed by atoms with Gasteiger partial charge in [0, 0.05) is 27.0 Å². The molecule has 1 atom stereocenters. The average molecular weight is 403 g/mol. The van der Waals surface area contributed by atoms with E-state index < -0.39 is 0 Å². The van der Waals surface area contributed by atoms with Crippen LogP contribution in [0.25, 0.3) is 0 Å². The Balaban J connectivity index is 2.06. The third-order valence-electron chi connectivity index (χ3n) is 3.99. The second kappa shape index (κ2) is 7.19. The molecule has 0 N–H and O–H groups in total. The van der Waals surface area contributed by atoms with Gasteiger partial charge in [0.2, 0.25) is 0 Å². The molecule has 1 saturated heterocycles. The largest absolute Gasteiger partial charge is 0.303 e. The van der Waals surface area contributed by atoms with Crippen LogP contribution in [0.3, 0.4) is 0 Å². The summed E-state index contributed by atoms with van der Waals surface area (Å²) in [6, 6.07) is 3.88. The molecule has 0 radical (unpaired) electrons. The normalized spacial score (nSPS) is 18.0. The number of Topliss-reactive ketones (excluding diaryl/α,β-unsaturated/α-hetero) is 1. The number of likely N-dealkylation sites (tertiary alicyclic amines) is 1. The van der Waals surface area contributed by atoms with Gasteiger partial charge in [-0.1, -0.05) is 45.2 Å². The second-order valence-corrected chi connectivity index (χ2v) is 7.40. The number of hydrogen-bond acceptors (Lipinski definition) is 2. The molecule has 0 aliphatic carbocycles. The molecule has 1 aliphatic heterocycles. The van der Waals surface area contributed by atoms with Crippen LogP contribution in [-0.2, 0) is 0 Å². The number of hydrogen-bond donors (Lipinski definition) is 0. The summed E-state index contributed by atoms with van der Waals surface area (Å²) in [6.45, 7) is 7.22. The van der Waals surface area contributed by atoms with Crippen molar-refractivity contribution in [3.63, 3.8) is 0 Å². The number of carbonyl (C=O) groups is 1. The van der Waals surface area contributed by atoms with E-state index in [2.05, 4.69) is 36.8 Å². The molecule has 4 heteroatoms. The van der Waals surface area contributed by atoms with Gasteiger partial charge in [-0.3, -0.25) is 4.79 Å². The van der Waals surface area contributed by atoms with Crippen LogP contribution in [-0.4, -0.2) is 30.3 Å². The van der Waals surface area contributed by atoms with Gasteiger partial charge in [-0.2, -0.15) is 0 Å². The predicted octanol–water partition coefficient (Wildman–Crippen LogP) is 4.82. The van der Waals surface area contributed by atoms with E-state index in [0.29, 0.717) is 0 Å². The SMILES string of the molecule is Cc1c(Br)cc(C(=O)C(C)CN2CCCCC2)cc1Br. The van der Waals surface area contributed by atoms with Crippen molar-refractivity contribution in [3.05, 3.63) is 32.2 Å². The maximum atomic E-state index is 12.6. The van der Waals surface area contributed by atoms with Gasteiger partial charge < -0.3 is 4.90 Å². The lowest BCUT2D eigenvalue weighted by Crippen LogP contribution is -2.35. The lowest BCUT2D eigenvalue weighted by Gasteiger charge is -2.28. The van der Waals surface area contributed by atoms with Gasteiger partial charge in [-0.05, 0) is 50.6 Å². The van der Waals surface area contributed by atoms with Gasteiger partial charge in [0.05, 0.1) is 0 Å². The number of ketones is 1. The number of piperidine rings is 1. The van der Waals surface area contributed by atoms with E-state index in [4.69, 9.17) is 0 Å². The summed E-state index contributed by atoms with van der Waals surface area (Å²) >= 11 is 7.04. The van der Waals surface area contributed by atoms with E-state index in [9.17, 15) is 4.79 Å². The fourth-order valence-corrected chi connectivity index (χ4v) is 3.87. The first kappa shape index (κ1) is 16.2. The highest BCUT2D eigenvalue weighted by Gasteiger charge is 2.21. The average Bonchev–Trinajstić information content (AvgIpc) is 2.44. The number of rotatable bonds is 4. The third-order valence-corrected chi connectivity index (χ3v) is 5.64. The Labute approximate surface area is 138 Å². The molecular weight excluding hydrogens is 382 g/mol. The molecule has 0 bridgehead atoms. The topological polar surface area (TPSA) is 20.3 Å². The molecule has 0 aromatic heterocycles. The highest BCUT2D eigenvalue weighted by Crippen LogP contribution is 2.27. The van der Waals surface area contributed by atoms with Gasteiger partial charge >= 0.3 is 0 Å². The maximum Gasteiger partial charge on any atom is 0.167 e. The Morgan fingerprint density at radius 1 is 1.20 bits per heavy atom. The molecule has 110 valence electrons. The Hall–Kier alpha value is -0.190. The maximum absolute atomic E-state index is 12.6. The Bertz CT molecular complexity index is 472. The minimum atomic E-state index is 0.0506. The first-order chi connectivity index (χ1) is 9.49. The van der Waals surface area contributed by atoms with E-state index in [-0.39, 0.29) is 11.7 Å². The van der Waals surface area contributed by atoms with Crippen molar-refractivity contribution >= 4 is 37.6 Å². The van der Waals surface area contributed by atoms with Crippen LogP contribution in [0.5, 0.6) is 0 Å². The van der Waals surface area contributed by atoms with Crippen LogP contribution in [0.1, 0.15) is 42.1 Å². The van der Waals surface area contributed by atoms with Gasteiger partial charge in [0.15, 0.2) is 5.78 Å². The van der Waals surface area contributed by atoms with Gasteiger partial charge in [0.1, 0.15) is 0 Å². The molecule has 0 spiro atoms. The van der Waals surface area contributed by atoms with E-state index in [1.54, 1.807) is 0 Å². The quantitative estimate of drug-likeness (QED) is 0.672. The van der Waals surface area contributed by atoms with E-state index in [1.165, 1.54) is 19.3 Å². The number of halogens is 2. The van der Waals surface area contributed by atoms with Gasteiger partial charge in [0.25, 0.3) is 0 Å². The first-order valence-corrected chi connectivity index (χ1v) is 8.80. The van der Waals surface area contributed by atoms with Crippen molar-refractivity contribution in [3.8, 4) is 0 Å². The Kier molecular flexibility index (Phi) is 5.82. The summed E-state index contributed by atoms with van der Waals surface area (Å²) in [5, 5.41) is 0. The monoisotopic (exact) mass is 401 g/mol. The standard InChI is InChI=1S/C16H21Br2NO/c1-11(10-19-6-4-3-5-7-19)16(20)13-8-14(17)12(2)15(18)9-13/h8-9,11H,3-7,10H2,1-2H3. The zero-order chi connectivity index (χ0) is 14.7. The first-order valence-electron chi connectivity index (χ1n) is 7.21. The molecule has 0 saturated carbocycles. The van der Waals surface area contributed by atoms with Crippen LogP contribution in [0.15, 0.2) is 21.1 Å². The van der Waals surface area contributed by atoms with Crippen molar-refractivity contribution in [2.45, 2.75) is 33.1 Å². The van der Waals surface area contributed by atoms with Crippen molar-refractivity contribution in [2.75, 3.05) is 19.6 Å². The molecule has 1 unspecified atom stereocenters. The van der Waals surface area contributed by atoms with Crippen LogP contribution >= 0.6 is 31.9 Å². The molecule has 2 rings (SSSR count). The molecular formula is C16H21Br2NO. The summed E-state index contributed by atoms with van der Waals surface area (Å²) < 4.78 is 1.97. The molecule has 1 heterocycles. The fraction of sp³-hybridized carbons (Fsp3) is 0.562. The molecule has 1 aromatic rings. The molecule has 0 amide bonds. The smallest absolute Gasteiger partial charge is 0.167 e. The Morgan fingerprint density at radius 3 is 2.30 bits per heavy atom.